The van der Waals surface area contributed by atoms with Crippen LogP contribution in [-0.4, -0.2) is 42.4 Å². The fourth-order valence-corrected chi connectivity index (χ4v) is 3.37. The molecule has 1 aliphatic heterocycles. The zero-order chi connectivity index (χ0) is 19.7. The van der Waals surface area contributed by atoms with Crippen LogP contribution in [-0.2, 0) is 4.74 Å². The van der Waals surface area contributed by atoms with Crippen molar-refractivity contribution in [1.29, 1.82) is 0 Å². The highest BCUT2D eigenvalue weighted by Crippen LogP contribution is 2.36. The third-order valence-corrected chi connectivity index (χ3v) is 4.83. The summed E-state index contributed by atoms with van der Waals surface area (Å²) in [7, 11) is 0. The smallest absolute Gasteiger partial charge is 0.330 e. The number of aromatic amines is 1. The number of aromatic nitrogens is 5. The third kappa shape index (κ3) is 3.21. The molecule has 0 unspecified atom stereocenters. The molecular formula is C19H19N5O4. The Hall–Kier alpha value is -3.30. The molecule has 0 radical (unpaired) electrons. The van der Waals surface area contributed by atoms with Gasteiger partial charge < -0.3 is 9.84 Å². The molecule has 1 saturated heterocycles. The number of ether oxygens (including phenoxy) is 1. The molecule has 0 aliphatic carbocycles. The monoisotopic (exact) mass is 381 g/mol. The van der Waals surface area contributed by atoms with Crippen molar-refractivity contribution >= 4 is 6.08 Å². The summed E-state index contributed by atoms with van der Waals surface area (Å²) in [6, 6.07) is 9.31. The van der Waals surface area contributed by atoms with Crippen molar-refractivity contribution < 1.29 is 9.84 Å². The Morgan fingerprint density at radius 2 is 2.07 bits per heavy atom. The van der Waals surface area contributed by atoms with Crippen LogP contribution in [0.2, 0.25) is 0 Å². The van der Waals surface area contributed by atoms with Gasteiger partial charge in [-0.3, -0.25) is 14.3 Å². The lowest BCUT2D eigenvalue weighted by Gasteiger charge is -2.15. The zero-order valence-electron chi connectivity index (χ0n) is 14.9. The average molecular weight is 381 g/mol. The fourth-order valence-electron chi connectivity index (χ4n) is 3.37. The second-order valence-corrected chi connectivity index (χ2v) is 6.52. The number of benzene rings is 1. The van der Waals surface area contributed by atoms with E-state index in [2.05, 4.69) is 21.9 Å². The van der Waals surface area contributed by atoms with E-state index in [1.807, 2.05) is 30.3 Å². The first-order chi connectivity index (χ1) is 13.6. The van der Waals surface area contributed by atoms with Gasteiger partial charge in [0, 0.05) is 18.2 Å². The second-order valence-electron chi connectivity index (χ2n) is 6.52. The molecule has 1 aliphatic rings. The van der Waals surface area contributed by atoms with E-state index in [1.165, 1.54) is 16.8 Å². The van der Waals surface area contributed by atoms with Crippen LogP contribution in [0.4, 0.5) is 0 Å². The first-order valence-corrected chi connectivity index (χ1v) is 8.82. The summed E-state index contributed by atoms with van der Waals surface area (Å²) < 4.78 is 8.82. The highest BCUT2D eigenvalue weighted by Gasteiger charge is 2.38. The van der Waals surface area contributed by atoms with Crippen molar-refractivity contribution in [2.45, 2.75) is 24.8 Å². The summed E-state index contributed by atoms with van der Waals surface area (Å²) in [5, 5.41) is 18.1. The van der Waals surface area contributed by atoms with E-state index in [4.69, 9.17) is 4.74 Å². The molecule has 3 heterocycles. The van der Waals surface area contributed by atoms with E-state index < -0.39 is 23.6 Å². The number of aliphatic hydroxyl groups is 1. The summed E-state index contributed by atoms with van der Waals surface area (Å²) >= 11 is 0. The van der Waals surface area contributed by atoms with Crippen molar-refractivity contribution in [1.82, 2.24) is 24.5 Å². The number of H-pyrrole nitrogens is 1. The van der Waals surface area contributed by atoms with E-state index in [1.54, 1.807) is 10.9 Å². The van der Waals surface area contributed by atoms with Gasteiger partial charge in [0.05, 0.1) is 24.4 Å². The maximum absolute atomic E-state index is 12.2. The first-order valence-electron chi connectivity index (χ1n) is 8.82. The lowest BCUT2D eigenvalue weighted by atomic mass is 10.1. The van der Waals surface area contributed by atoms with E-state index in [0.717, 1.165) is 5.56 Å². The van der Waals surface area contributed by atoms with Crippen LogP contribution in [0.1, 0.15) is 24.3 Å². The molecule has 4 rings (SSSR count). The van der Waals surface area contributed by atoms with E-state index in [-0.39, 0.29) is 18.2 Å². The summed E-state index contributed by atoms with van der Waals surface area (Å²) in [6.07, 6.45) is 3.72. The lowest BCUT2D eigenvalue weighted by molar-refractivity contribution is -0.0323. The molecule has 0 spiro atoms. The minimum atomic E-state index is -0.658. The Kier molecular flexibility index (Phi) is 4.76. The maximum atomic E-state index is 12.2. The van der Waals surface area contributed by atoms with Crippen LogP contribution in [0.25, 0.3) is 17.3 Å². The van der Waals surface area contributed by atoms with Gasteiger partial charge >= 0.3 is 5.69 Å². The molecular weight excluding hydrogens is 362 g/mol. The van der Waals surface area contributed by atoms with Gasteiger partial charge in [-0.15, -0.1) is 5.10 Å². The summed E-state index contributed by atoms with van der Waals surface area (Å²) in [4.78, 5) is 26.2. The summed E-state index contributed by atoms with van der Waals surface area (Å²) in [5.74, 6) is 0. The van der Waals surface area contributed by atoms with E-state index >= 15 is 0 Å². The minimum absolute atomic E-state index is 0.242. The maximum Gasteiger partial charge on any atom is 0.330 e. The predicted octanol–water partition coefficient (Wildman–Crippen LogP) is 0.959. The average Bonchev–Trinajstić information content (AvgIpc) is 3.36. The SMILES string of the molecule is C=Cc1cn([C@H]2C[C@H](n3cc(-c4ccccc4)nn3)[C@@H](CO)O2)c(=O)[nH]c1=O. The van der Waals surface area contributed by atoms with Gasteiger partial charge in [-0.1, -0.05) is 48.2 Å². The molecule has 9 nitrogen and oxygen atoms in total. The van der Waals surface area contributed by atoms with E-state index in [9.17, 15) is 14.7 Å². The van der Waals surface area contributed by atoms with Crippen LogP contribution in [0, 0.1) is 0 Å². The Morgan fingerprint density at radius 3 is 2.79 bits per heavy atom. The van der Waals surface area contributed by atoms with Crippen molar-refractivity contribution in [3.05, 3.63) is 75.7 Å². The molecule has 28 heavy (non-hydrogen) atoms. The van der Waals surface area contributed by atoms with Gasteiger partial charge in [0.15, 0.2) is 0 Å². The zero-order valence-corrected chi connectivity index (χ0v) is 14.9. The summed E-state index contributed by atoms with van der Waals surface area (Å²) in [6.45, 7) is 3.33. The molecule has 144 valence electrons. The van der Waals surface area contributed by atoms with Gasteiger partial charge in [-0.25, -0.2) is 9.48 Å². The predicted molar refractivity (Wildman–Crippen MR) is 102 cm³/mol. The normalized spacial score (nSPS) is 21.7. The number of hydrogen-bond acceptors (Lipinski definition) is 6. The second kappa shape index (κ2) is 7.37. The highest BCUT2D eigenvalue weighted by molar-refractivity contribution is 5.57. The molecule has 2 aromatic heterocycles. The topological polar surface area (TPSA) is 115 Å². The standard InChI is InChI=1S/C19H19N5O4/c1-2-12-9-23(19(27)20-18(12)26)17-8-15(16(11-25)28-17)24-10-14(21-22-24)13-6-4-3-5-7-13/h2-7,9-10,15-17,25H,1,8,11H2,(H,20,26,27)/t15-,16+,17+/m0/s1. The molecule has 3 atom stereocenters. The molecule has 9 heteroatoms. The van der Waals surface area contributed by atoms with Crippen molar-refractivity contribution in [3.63, 3.8) is 0 Å². The molecule has 1 fully saturated rings. The van der Waals surface area contributed by atoms with Crippen molar-refractivity contribution in [3.8, 4) is 11.3 Å². The van der Waals surface area contributed by atoms with Gasteiger partial charge in [-0.05, 0) is 0 Å². The molecule has 0 amide bonds. The minimum Gasteiger partial charge on any atom is -0.394 e. The first kappa shape index (κ1) is 18.1. The Bertz CT molecular complexity index is 1100. The molecule has 2 N–H and O–H groups in total. The van der Waals surface area contributed by atoms with Crippen molar-refractivity contribution in [2.75, 3.05) is 6.61 Å². The number of aliphatic hydroxyl groups excluding tert-OH is 1. The Morgan fingerprint density at radius 1 is 1.29 bits per heavy atom. The van der Waals surface area contributed by atoms with Gasteiger partial charge in [-0.2, -0.15) is 0 Å². The highest BCUT2D eigenvalue weighted by atomic mass is 16.5. The third-order valence-electron chi connectivity index (χ3n) is 4.83. The van der Waals surface area contributed by atoms with Crippen LogP contribution in [0.3, 0.4) is 0 Å². The quantitative estimate of drug-likeness (QED) is 0.680. The van der Waals surface area contributed by atoms with Gasteiger partial charge in [0.1, 0.15) is 18.0 Å². The van der Waals surface area contributed by atoms with Crippen LogP contribution >= 0.6 is 0 Å². The van der Waals surface area contributed by atoms with E-state index in [0.29, 0.717) is 12.1 Å². The van der Waals surface area contributed by atoms with Gasteiger partial charge in [0.2, 0.25) is 0 Å². The Labute approximate surface area is 159 Å². The molecule has 0 bridgehead atoms. The fraction of sp³-hybridized carbons (Fsp3) is 0.263. The van der Waals surface area contributed by atoms with Gasteiger partial charge in [0.25, 0.3) is 5.56 Å². The molecule has 0 saturated carbocycles. The number of rotatable bonds is 5. The number of hydrogen-bond donors (Lipinski definition) is 2. The van der Waals surface area contributed by atoms with Crippen LogP contribution < -0.4 is 11.2 Å². The number of nitrogens with one attached hydrogen (secondary N) is 1. The molecule has 3 aromatic rings. The number of nitrogens with zero attached hydrogens (tertiary/aromatic N) is 4. The lowest BCUT2D eigenvalue weighted by Crippen LogP contribution is -2.33. The van der Waals surface area contributed by atoms with Crippen LogP contribution in [0.5, 0.6) is 0 Å². The van der Waals surface area contributed by atoms with Crippen LogP contribution in [0.15, 0.2) is 58.9 Å². The largest absolute Gasteiger partial charge is 0.394 e. The van der Waals surface area contributed by atoms with Crippen molar-refractivity contribution in [2.24, 2.45) is 0 Å². The summed E-state index contributed by atoms with van der Waals surface area (Å²) in [5.41, 5.74) is 0.808. The molecule has 1 aromatic carbocycles. The Balaban J connectivity index is 1.64.